The van der Waals surface area contributed by atoms with Crippen molar-refractivity contribution in [3.8, 4) is 5.69 Å². The number of nitrogens with one attached hydrogen (secondary N) is 1. The Morgan fingerprint density at radius 1 is 0.943 bits per heavy atom. The molecule has 3 aromatic carbocycles. The zero-order valence-electron chi connectivity index (χ0n) is 18.2. The monoisotopic (exact) mass is 499 g/mol. The molecule has 0 amide bonds. The third kappa shape index (κ3) is 5.96. The third-order valence-electron chi connectivity index (χ3n) is 5.21. The molecule has 0 aliphatic heterocycles. The van der Waals surface area contributed by atoms with Crippen LogP contribution in [0.3, 0.4) is 0 Å². The number of sulfonamides is 1. The summed E-state index contributed by atoms with van der Waals surface area (Å²) in [6.45, 7) is 0. The van der Waals surface area contributed by atoms with Crippen LogP contribution >= 0.6 is 0 Å². The Balaban J connectivity index is 1.63. The van der Waals surface area contributed by atoms with E-state index in [9.17, 15) is 26.4 Å². The molecule has 0 aliphatic rings. The van der Waals surface area contributed by atoms with E-state index < -0.39 is 21.8 Å². The second-order valence-corrected chi connectivity index (χ2v) is 9.50. The van der Waals surface area contributed by atoms with Gasteiger partial charge in [0.2, 0.25) is 0 Å². The number of hydrogen-bond donors (Lipinski definition) is 1. The second-order valence-electron chi connectivity index (χ2n) is 7.82. The molecule has 1 heterocycles. The van der Waals surface area contributed by atoms with E-state index in [1.165, 1.54) is 36.8 Å². The molecule has 0 fully saturated rings. The van der Waals surface area contributed by atoms with Crippen molar-refractivity contribution < 1.29 is 26.4 Å². The van der Waals surface area contributed by atoms with Crippen LogP contribution < -0.4 is 4.72 Å². The molecule has 180 valence electrons. The van der Waals surface area contributed by atoms with Gasteiger partial charge in [-0.25, -0.2) is 13.4 Å². The lowest BCUT2D eigenvalue weighted by atomic mass is 10.00. The predicted octanol–water partition coefficient (Wildman–Crippen LogP) is 5.05. The highest BCUT2D eigenvalue weighted by molar-refractivity contribution is 7.92. The van der Waals surface area contributed by atoms with Gasteiger partial charge in [0.25, 0.3) is 10.0 Å². The van der Waals surface area contributed by atoms with Crippen molar-refractivity contribution in [2.75, 3.05) is 4.72 Å². The smallest absolute Gasteiger partial charge is 0.306 e. The first kappa shape index (κ1) is 24.2. The van der Waals surface area contributed by atoms with Crippen molar-refractivity contribution in [3.05, 3.63) is 108 Å². The average Bonchev–Trinajstić information content (AvgIpc) is 3.34. The van der Waals surface area contributed by atoms with Crippen LogP contribution in [0.25, 0.3) is 5.69 Å². The Kier molecular flexibility index (Phi) is 6.74. The van der Waals surface area contributed by atoms with E-state index in [0.717, 1.165) is 12.1 Å². The normalized spacial score (nSPS) is 11.9. The van der Waals surface area contributed by atoms with E-state index in [-0.39, 0.29) is 29.1 Å². The quantitative estimate of drug-likeness (QED) is 0.368. The Morgan fingerprint density at radius 3 is 2.40 bits per heavy atom. The highest BCUT2D eigenvalue weighted by atomic mass is 32.2. The Morgan fingerprint density at radius 2 is 1.71 bits per heavy atom. The first-order valence-corrected chi connectivity index (χ1v) is 12.0. The number of ketones is 1. The largest absolute Gasteiger partial charge is 0.416 e. The second kappa shape index (κ2) is 9.75. The van der Waals surface area contributed by atoms with Crippen LogP contribution in [0.1, 0.15) is 16.7 Å². The number of Topliss-reactive ketones (excluding diaryl/α,β-unsaturated/α-hetero) is 1. The summed E-state index contributed by atoms with van der Waals surface area (Å²) >= 11 is 0. The average molecular weight is 500 g/mol. The van der Waals surface area contributed by atoms with E-state index in [2.05, 4.69) is 9.71 Å². The molecule has 0 atom stereocenters. The van der Waals surface area contributed by atoms with Gasteiger partial charge in [0.05, 0.1) is 22.5 Å². The summed E-state index contributed by atoms with van der Waals surface area (Å²) in [5, 5.41) is 0. The van der Waals surface area contributed by atoms with Crippen LogP contribution in [0.4, 0.5) is 18.9 Å². The molecular formula is C25H20F3N3O3S. The van der Waals surface area contributed by atoms with E-state index in [1.807, 2.05) is 0 Å². The van der Waals surface area contributed by atoms with Crippen LogP contribution in [0.2, 0.25) is 0 Å². The van der Waals surface area contributed by atoms with Crippen molar-refractivity contribution >= 4 is 21.5 Å². The maximum absolute atomic E-state index is 13.0. The molecule has 4 aromatic rings. The van der Waals surface area contributed by atoms with E-state index in [4.69, 9.17) is 0 Å². The summed E-state index contributed by atoms with van der Waals surface area (Å²) in [5.74, 6) is -0.365. The van der Waals surface area contributed by atoms with Gasteiger partial charge in [-0.3, -0.25) is 9.52 Å². The molecule has 0 saturated heterocycles. The summed E-state index contributed by atoms with van der Waals surface area (Å²) in [6, 6.07) is 17.3. The van der Waals surface area contributed by atoms with E-state index in [1.54, 1.807) is 47.2 Å². The number of benzene rings is 3. The van der Waals surface area contributed by atoms with Gasteiger partial charge in [0, 0.05) is 30.9 Å². The number of para-hydroxylation sites is 1. The highest BCUT2D eigenvalue weighted by Gasteiger charge is 2.30. The van der Waals surface area contributed by atoms with Crippen LogP contribution in [-0.2, 0) is 33.8 Å². The SMILES string of the molecule is O=C(Cc1cccc(C(F)(F)F)c1)Cc1cc(S(=O)(=O)Nc2ccccc2)ccc1-n1ccnc1. The zero-order valence-corrected chi connectivity index (χ0v) is 19.1. The van der Waals surface area contributed by atoms with Gasteiger partial charge in [-0.05, 0) is 47.5 Å². The van der Waals surface area contributed by atoms with Crippen LogP contribution in [0.15, 0.2) is 96.4 Å². The number of aromatic nitrogens is 2. The third-order valence-corrected chi connectivity index (χ3v) is 6.59. The maximum Gasteiger partial charge on any atom is 0.416 e. The standard InChI is InChI=1S/C25H20F3N3O3S/c26-25(27,28)20-6-4-5-18(13-20)14-22(32)15-19-16-23(9-10-24(19)31-12-11-29-17-31)35(33,34)30-21-7-2-1-3-8-21/h1-13,16-17,30H,14-15H2. The van der Waals surface area contributed by atoms with Crippen LogP contribution in [0, 0.1) is 0 Å². The minimum absolute atomic E-state index is 0.0490. The molecule has 1 N–H and O–H groups in total. The van der Waals surface area contributed by atoms with Crippen molar-refractivity contribution in [3.63, 3.8) is 0 Å². The lowest BCUT2D eigenvalue weighted by molar-refractivity contribution is -0.137. The summed E-state index contributed by atoms with van der Waals surface area (Å²) < 4.78 is 69.1. The summed E-state index contributed by atoms with van der Waals surface area (Å²) in [6.07, 6.45) is -0.234. The predicted molar refractivity (Wildman–Crippen MR) is 125 cm³/mol. The van der Waals surface area contributed by atoms with Crippen LogP contribution in [-0.4, -0.2) is 23.8 Å². The molecule has 0 radical (unpaired) electrons. The Hall–Kier alpha value is -3.92. The van der Waals surface area contributed by atoms with Gasteiger partial charge in [-0.15, -0.1) is 0 Å². The molecule has 0 unspecified atom stereocenters. The number of alkyl halides is 3. The molecule has 4 rings (SSSR count). The number of halogens is 3. The number of anilines is 1. The number of carbonyl (C=O) groups excluding carboxylic acids is 1. The summed E-state index contributed by atoms with van der Waals surface area (Å²) in [5.41, 5.74) is 0.716. The van der Waals surface area contributed by atoms with Crippen molar-refractivity contribution in [2.24, 2.45) is 0 Å². The summed E-state index contributed by atoms with van der Waals surface area (Å²) in [4.78, 5) is 16.8. The summed E-state index contributed by atoms with van der Waals surface area (Å²) in [7, 11) is -3.95. The molecule has 0 saturated carbocycles. The minimum Gasteiger partial charge on any atom is -0.306 e. The van der Waals surface area contributed by atoms with E-state index >= 15 is 0 Å². The number of rotatable bonds is 8. The highest BCUT2D eigenvalue weighted by Crippen LogP contribution is 2.30. The molecular weight excluding hydrogens is 479 g/mol. The lowest BCUT2D eigenvalue weighted by Crippen LogP contribution is -2.15. The van der Waals surface area contributed by atoms with Gasteiger partial charge in [-0.1, -0.05) is 36.4 Å². The Bertz CT molecular complexity index is 1440. The van der Waals surface area contributed by atoms with Gasteiger partial charge in [0.15, 0.2) is 0 Å². The molecule has 0 aliphatic carbocycles. The fourth-order valence-electron chi connectivity index (χ4n) is 3.60. The van der Waals surface area contributed by atoms with Crippen molar-refractivity contribution in [2.45, 2.75) is 23.9 Å². The van der Waals surface area contributed by atoms with Gasteiger partial charge in [0.1, 0.15) is 5.78 Å². The molecule has 0 bridgehead atoms. The molecule has 35 heavy (non-hydrogen) atoms. The number of imidazole rings is 1. The van der Waals surface area contributed by atoms with Gasteiger partial charge >= 0.3 is 6.18 Å². The molecule has 0 spiro atoms. The number of nitrogens with zero attached hydrogens (tertiary/aromatic N) is 2. The minimum atomic E-state index is -4.51. The maximum atomic E-state index is 13.0. The van der Waals surface area contributed by atoms with Gasteiger partial charge in [-0.2, -0.15) is 13.2 Å². The molecule has 1 aromatic heterocycles. The fourth-order valence-corrected chi connectivity index (χ4v) is 4.71. The molecule has 6 nitrogen and oxygen atoms in total. The topological polar surface area (TPSA) is 81.1 Å². The van der Waals surface area contributed by atoms with Crippen molar-refractivity contribution in [1.29, 1.82) is 0 Å². The van der Waals surface area contributed by atoms with Gasteiger partial charge < -0.3 is 4.57 Å². The van der Waals surface area contributed by atoms with Crippen LogP contribution in [0.5, 0.6) is 0 Å². The van der Waals surface area contributed by atoms with E-state index in [0.29, 0.717) is 16.9 Å². The zero-order chi connectivity index (χ0) is 25.1. The van der Waals surface area contributed by atoms with Crippen molar-refractivity contribution in [1.82, 2.24) is 9.55 Å². The number of hydrogen-bond acceptors (Lipinski definition) is 4. The Labute approximate surface area is 200 Å². The molecule has 10 heteroatoms. The number of carbonyl (C=O) groups is 1. The lowest BCUT2D eigenvalue weighted by Gasteiger charge is -2.14. The fraction of sp³-hybridized carbons (Fsp3) is 0.120. The first-order chi connectivity index (χ1) is 16.6. The first-order valence-electron chi connectivity index (χ1n) is 10.5.